The Hall–Kier alpha value is -3.62. The molecule has 0 radical (unpaired) electrons. The average Bonchev–Trinajstić information content (AvgIpc) is 3.33. The van der Waals surface area contributed by atoms with Crippen LogP contribution in [0, 0.1) is 29.1 Å². The molecule has 0 atom stereocenters. The number of ether oxygens (including phenoxy) is 2. The summed E-state index contributed by atoms with van der Waals surface area (Å²) in [4.78, 5) is 12.3. The van der Waals surface area contributed by atoms with E-state index in [1.807, 2.05) is 0 Å². The first-order valence-electron chi connectivity index (χ1n) is 8.11. The Morgan fingerprint density at radius 1 is 0.931 bits per heavy atom. The predicted octanol–water partition coefficient (Wildman–Crippen LogP) is 5.17. The number of Topliss-reactive ketones (excluding diaryl/α,β-unsaturated/α-hetero) is 1. The van der Waals surface area contributed by atoms with Crippen LogP contribution in [0.2, 0.25) is 0 Å². The monoisotopic (exact) mass is 408 g/mol. The molecule has 2 heterocycles. The van der Waals surface area contributed by atoms with E-state index in [1.165, 1.54) is 30.5 Å². The number of carbonyl (C=O) groups is 1. The lowest BCUT2D eigenvalue weighted by Gasteiger charge is -2.10. The van der Waals surface area contributed by atoms with Gasteiger partial charge in [-0.25, -0.2) is 22.0 Å². The van der Waals surface area contributed by atoms with Crippen molar-refractivity contribution >= 4 is 11.9 Å². The standard InChI is InChI=1S/C20H9F5O4/c21-15-12(16(22)18(24)19(25)17(15)23)8-28-10-3-4-11-13(6-10)29-14(20(11)26)7-9-2-1-5-27-9/h1-7H,8H2/b14-7-. The van der Waals surface area contributed by atoms with E-state index in [1.54, 1.807) is 12.1 Å². The molecule has 1 aliphatic rings. The molecule has 2 aromatic carbocycles. The number of benzene rings is 2. The summed E-state index contributed by atoms with van der Waals surface area (Å²) in [5, 5.41) is 0. The van der Waals surface area contributed by atoms with Gasteiger partial charge < -0.3 is 13.9 Å². The van der Waals surface area contributed by atoms with Crippen molar-refractivity contribution in [2.24, 2.45) is 0 Å². The summed E-state index contributed by atoms with van der Waals surface area (Å²) in [7, 11) is 0. The first-order chi connectivity index (χ1) is 13.9. The van der Waals surface area contributed by atoms with E-state index >= 15 is 0 Å². The number of hydrogen-bond donors (Lipinski definition) is 0. The van der Waals surface area contributed by atoms with E-state index in [0.717, 1.165) is 0 Å². The van der Waals surface area contributed by atoms with Gasteiger partial charge in [0.2, 0.25) is 11.6 Å². The molecule has 0 unspecified atom stereocenters. The van der Waals surface area contributed by atoms with Gasteiger partial charge in [-0.3, -0.25) is 4.79 Å². The number of carbonyl (C=O) groups excluding carboxylic acids is 1. The lowest BCUT2D eigenvalue weighted by Crippen LogP contribution is -2.09. The Kier molecular flexibility index (Phi) is 4.57. The molecule has 0 amide bonds. The molecule has 3 aromatic rings. The zero-order valence-corrected chi connectivity index (χ0v) is 14.3. The Morgan fingerprint density at radius 2 is 1.62 bits per heavy atom. The van der Waals surface area contributed by atoms with Gasteiger partial charge in [-0.05, 0) is 24.3 Å². The minimum atomic E-state index is -2.25. The molecule has 0 aliphatic carbocycles. The van der Waals surface area contributed by atoms with Crippen LogP contribution in [0.5, 0.6) is 11.5 Å². The van der Waals surface area contributed by atoms with Crippen LogP contribution in [0.3, 0.4) is 0 Å². The van der Waals surface area contributed by atoms with Crippen LogP contribution in [0.15, 0.2) is 46.8 Å². The minimum absolute atomic E-state index is 0.000241. The van der Waals surface area contributed by atoms with Crippen molar-refractivity contribution in [1.82, 2.24) is 0 Å². The van der Waals surface area contributed by atoms with Gasteiger partial charge in [0.25, 0.3) is 0 Å². The Bertz CT molecular complexity index is 1120. The predicted molar refractivity (Wildman–Crippen MR) is 88.6 cm³/mol. The highest BCUT2D eigenvalue weighted by Crippen LogP contribution is 2.35. The second kappa shape index (κ2) is 7.08. The van der Waals surface area contributed by atoms with Gasteiger partial charge in [0.1, 0.15) is 23.9 Å². The summed E-state index contributed by atoms with van der Waals surface area (Å²) in [6, 6.07) is 7.17. The second-order valence-corrected chi connectivity index (χ2v) is 5.95. The fourth-order valence-electron chi connectivity index (χ4n) is 2.69. The molecule has 0 spiro atoms. The van der Waals surface area contributed by atoms with Crippen LogP contribution in [0.25, 0.3) is 6.08 Å². The van der Waals surface area contributed by atoms with Gasteiger partial charge >= 0.3 is 0 Å². The largest absolute Gasteiger partial charge is 0.489 e. The number of furan rings is 1. The number of hydrogen-bond acceptors (Lipinski definition) is 4. The Morgan fingerprint density at radius 3 is 2.28 bits per heavy atom. The highest BCUT2D eigenvalue weighted by atomic mass is 19.2. The number of rotatable bonds is 4. The van der Waals surface area contributed by atoms with Crippen molar-refractivity contribution in [2.45, 2.75) is 6.61 Å². The average molecular weight is 408 g/mol. The highest BCUT2D eigenvalue weighted by Gasteiger charge is 2.29. The topological polar surface area (TPSA) is 48.7 Å². The molecule has 0 N–H and O–H groups in total. The Balaban J connectivity index is 1.56. The van der Waals surface area contributed by atoms with Gasteiger partial charge in [0, 0.05) is 12.1 Å². The van der Waals surface area contributed by atoms with Crippen molar-refractivity contribution in [3.8, 4) is 11.5 Å². The third kappa shape index (κ3) is 3.24. The van der Waals surface area contributed by atoms with Gasteiger partial charge in [-0.2, -0.15) is 0 Å². The van der Waals surface area contributed by atoms with E-state index < -0.39 is 47.0 Å². The molecule has 148 valence electrons. The number of fused-ring (bicyclic) bond motifs is 1. The van der Waals surface area contributed by atoms with E-state index in [2.05, 4.69) is 0 Å². The first kappa shape index (κ1) is 18.7. The number of allylic oxidation sites excluding steroid dienone is 1. The number of halogens is 5. The maximum absolute atomic E-state index is 13.7. The van der Waals surface area contributed by atoms with E-state index in [9.17, 15) is 26.7 Å². The van der Waals surface area contributed by atoms with E-state index in [4.69, 9.17) is 13.9 Å². The summed E-state index contributed by atoms with van der Waals surface area (Å²) in [5.74, 6) is -10.2. The summed E-state index contributed by atoms with van der Waals surface area (Å²) in [5.41, 5.74) is -0.899. The van der Waals surface area contributed by atoms with Crippen molar-refractivity contribution < 1.29 is 40.6 Å². The fraction of sp³-hybridized carbons (Fsp3) is 0.0500. The summed E-state index contributed by atoms with van der Waals surface area (Å²) in [6.07, 6.45) is 2.81. The lowest BCUT2D eigenvalue weighted by atomic mass is 10.1. The molecule has 0 bridgehead atoms. The molecule has 0 saturated heterocycles. The van der Waals surface area contributed by atoms with Crippen LogP contribution in [-0.2, 0) is 6.61 Å². The molecule has 4 nitrogen and oxygen atoms in total. The maximum atomic E-state index is 13.7. The summed E-state index contributed by atoms with van der Waals surface area (Å²) < 4.78 is 82.7. The molecule has 1 aromatic heterocycles. The molecular weight excluding hydrogens is 399 g/mol. The minimum Gasteiger partial charge on any atom is -0.489 e. The molecule has 0 fully saturated rings. The van der Waals surface area contributed by atoms with Crippen LogP contribution in [0.4, 0.5) is 22.0 Å². The van der Waals surface area contributed by atoms with Crippen molar-refractivity contribution in [1.29, 1.82) is 0 Å². The van der Waals surface area contributed by atoms with Crippen LogP contribution in [-0.4, -0.2) is 5.78 Å². The Labute approximate surface area is 159 Å². The van der Waals surface area contributed by atoms with Crippen LogP contribution in [0.1, 0.15) is 21.7 Å². The summed E-state index contributed by atoms with van der Waals surface area (Å²) >= 11 is 0. The maximum Gasteiger partial charge on any atom is 0.232 e. The zero-order valence-electron chi connectivity index (χ0n) is 14.3. The second-order valence-electron chi connectivity index (χ2n) is 5.95. The molecular formula is C20H9F5O4. The molecule has 4 rings (SSSR count). The molecule has 0 saturated carbocycles. The van der Waals surface area contributed by atoms with E-state index in [-0.39, 0.29) is 22.8 Å². The quantitative estimate of drug-likeness (QED) is 0.259. The fourth-order valence-corrected chi connectivity index (χ4v) is 2.69. The molecule has 1 aliphatic heterocycles. The van der Waals surface area contributed by atoms with Crippen molar-refractivity contribution in [3.05, 3.63) is 88.3 Å². The highest BCUT2D eigenvalue weighted by molar-refractivity contribution is 6.14. The summed E-state index contributed by atoms with van der Waals surface area (Å²) in [6.45, 7) is -0.923. The van der Waals surface area contributed by atoms with Gasteiger partial charge in [-0.15, -0.1) is 0 Å². The number of ketones is 1. The van der Waals surface area contributed by atoms with Gasteiger partial charge in [-0.1, -0.05) is 0 Å². The van der Waals surface area contributed by atoms with Crippen LogP contribution < -0.4 is 9.47 Å². The normalized spacial score (nSPS) is 14.2. The van der Waals surface area contributed by atoms with Crippen molar-refractivity contribution in [2.75, 3.05) is 0 Å². The first-order valence-corrected chi connectivity index (χ1v) is 8.11. The van der Waals surface area contributed by atoms with Gasteiger partial charge in [0.05, 0.1) is 17.4 Å². The third-order valence-corrected chi connectivity index (χ3v) is 4.14. The lowest BCUT2D eigenvalue weighted by molar-refractivity contribution is 0.101. The smallest absolute Gasteiger partial charge is 0.232 e. The van der Waals surface area contributed by atoms with Crippen molar-refractivity contribution in [3.63, 3.8) is 0 Å². The molecule has 9 heteroatoms. The van der Waals surface area contributed by atoms with Crippen LogP contribution >= 0.6 is 0 Å². The SMILES string of the molecule is O=C1/C(=C/c2ccco2)Oc2cc(OCc3c(F)c(F)c(F)c(F)c3F)ccc21. The van der Waals surface area contributed by atoms with E-state index in [0.29, 0.717) is 5.76 Å². The molecule has 29 heavy (non-hydrogen) atoms. The van der Waals surface area contributed by atoms with Gasteiger partial charge in [0.15, 0.2) is 29.0 Å². The zero-order chi connectivity index (χ0) is 20.7. The third-order valence-electron chi connectivity index (χ3n) is 4.14.